The van der Waals surface area contributed by atoms with Crippen LogP contribution in [0.25, 0.3) is 0 Å². The molecule has 1 aliphatic rings. The average Bonchev–Trinajstić information content (AvgIpc) is 2.55. The molecule has 1 aliphatic heterocycles. The van der Waals surface area contributed by atoms with Crippen molar-refractivity contribution in [3.05, 3.63) is 54.6 Å². The fraction of sp³-hybridized carbons (Fsp3) is 0.250. The van der Waals surface area contributed by atoms with E-state index in [0.29, 0.717) is 18.1 Å². The van der Waals surface area contributed by atoms with Gasteiger partial charge in [-0.2, -0.15) is 0 Å². The van der Waals surface area contributed by atoms with Gasteiger partial charge in [-0.25, -0.2) is 13.1 Å². The van der Waals surface area contributed by atoms with Crippen molar-refractivity contribution in [3.8, 4) is 11.5 Å². The average molecular weight is 319 g/mol. The Bertz CT molecular complexity index is 746. The molecule has 0 aromatic heterocycles. The summed E-state index contributed by atoms with van der Waals surface area (Å²) in [4.78, 5) is 0.235. The molecule has 3 rings (SSSR count). The van der Waals surface area contributed by atoms with E-state index >= 15 is 0 Å². The molecule has 0 aliphatic carbocycles. The van der Waals surface area contributed by atoms with Crippen LogP contribution in [0, 0.1) is 0 Å². The smallest absolute Gasteiger partial charge is 0.240 e. The van der Waals surface area contributed by atoms with E-state index in [1.165, 1.54) is 0 Å². The van der Waals surface area contributed by atoms with Crippen LogP contribution in [0.4, 0.5) is 0 Å². The van der Waals surface area contributed by atoms with E-state index < -0.39 is 16.1 Å². The Balaban J connectivity index is 1.72. The highest BCUT2D eigenvalue weighted by Gasteiger charge is 2.29. The van der Waals surface area contributed by atoms with Gasteiger partial charge in [-0.1, -0.05) is 30.3 Å². The van der Waals surface area contributed by atoms with E-state index in [1.54, 1.807) is 43.3 Å². The lowest BCUT2D eigenvalue weighted by molar-refractivity contribution is 0.0725. The van der Waals surface area contributed by atoms with E-state index in [9.17, 15) is 8.42 Å². The van der Waals surface area contributed by atoms with E-state index in [4.69, 9.17) is 9.47 Å². The molecule has 116 valence electrons. The number of hydrogen-bond donors (Lipinski definition) is 1. The van der Waals surface area contributed by atoms with Crippen molar-refractivity contribution < 1.29 is 17.9 Å². The lowest BCUT2D eigenvalue weighted by atomic mass is 10.2. The largest absolute Gasteiger partial charge is 0.486 e. The molecule has 2 aromatic carbocycles. The Morgan fingerprint density at radius 2 is 1.68 bits per heavy atom. The van der Waals surface area contributed by atoms with Gasteiger partial charge in [0.15, 0.2) is 11.5 Å². The predicted octanol–water partition coefficient (Wildman–Crippen LogP) is 2.19. The standard InChI is InChI=1S/C16H17NO4S/c1-12(17-22(18,19)13-7-3-2-4-8-13)16-11-20-14-9-5-6-10-15(14)21-16/h2-10,12,16-17H,11H2,1H3/t12-,16+/m0/s1. The SMILES string of the molecule is C[C@H](NS(=O)(=O)c1ccccc1)[C@H]1COc2ccccc2O1. The van der Waals surface area contributed by atoms with E-state index in [2.05, 4.69) is 4.72 Å². The summed E-state index contributed by atoms with van der Waals surface area (Å²) in [5.41, 5.74) is 0. The van der Waals surface area contributed by atoms with Crippen molar-refractivity contribution in [2.45, 2.75) is 24.0 Å². The molecule has 0 fully saturated rings. The molecule has 0 spiro atoms. The van der Waals surface area contributed by atoms with E-state index in [0.717, 1.165) is 0 Å². The monoisotopic (exact) mass is 319 g/mol. The number of hydrogen-bond acceptors (Lipinski definition) is 4. The van der Waals surface area contributed by atoms with Crippen LogP contribution in [0.15, 0.2) is 59.5 Å². The minimum atomic E-state index is -3.57. The highest BCUT2D eigenvalue weighted by molar-refractivity contribution is 7.89. The van der Waals surface area contributed by atoms with Gasteiger partial charge < -0.3 is 9.47 Å². The van der Waals surface area contributed by atoms with Crippen LogP contribution >= 0.6 is 0 Å². The first-order valence-electron chi connectivity index (χ1n) is 7.02. The fourth-order valence-electron chi connectivity index (χ4n) is 2.27. The third kappa shape index (κ3) is 3.08. The van der Waals surface area contributed by atoms with Gasteiger partial charge >= 0.3 is 0 Å². The minimum absolute atomic E-state index is 0.235. The second kappa shape index (κ2) is 5.98. The van der Waals surface area contributed by atoms with Crippen molar-refractivity contribution in [3.63, 3.8) is 0 Å². The van der Waals surface area contributed by atoms with Crippen LogP contribution in [0.5, 0.6) is 11.5 Å². The van der Waals surface area contributed by atoms with Gasteiger partial charge in [0.25, 0.3) is 0 Å². The van der Waals surface area contributed by atoms with Crippen LogP contribution in [-0.2, 0) is 10.0 Å². The first-order valence-corrected chi connectivity index (χ1v) is 8.50. The molecule has 6 heteroatoms. The molecule has 2 atom stereocenters. The Kier molecular flexibility index (Phi) is 4.04. The van der Waals surface area contributed by atoms with E-state index in [-0.39, 0.29) is 11.0 Å². The number of sulfonamides is 1. The zero-order valence-corrected chi connectivity index (χ0v) is 12.9. The maximum absolute atomic E-state index is 12.3. The third-order valence-corrected chi connectivity index (χ3v) is 5.06. The van der Waals surface area contributed by atoms with Gasteiger partial charge in [0.1, 0.15) is 12.7 Å². The molecule has 22 heavy (non-hydrogen) atoms. The first kappa shape index (κ1) is 14.9. The molecule has 2 aromatic rings. The Morgan fingerprint density at radius 3 is 2.41 bits per heavy atom. The number of benzene rings is 2. The summed E-state index contributed by atoms with van der Waals surface area (Å²) in [5, 5.41) is 0. The van der Waals surface area contributed by atoms with Gasteiger partial charge in [-0.05, 0) is 31.2 Å². The quantitative estimate of drug-likeness (QED) is 0.938. The summed E-state index contributed by atoms with van der Waals surface area (Å²) in [5.74, 6) is 1.31. The zero-order chi connectivity index (χ0) is 15.6. The van der Waals surface area contributed by atoms with Gasteiger partial charge in [0.05, 0.1) is 10.9 Å². The van der Waals surface area contributed by atoms with Crippen molar-refractivity contribution in [1.29, 1.82) is 0 Å². The third-order valence-electron chi connectivity index (χ3n) is 3.48. The summed E-state index contributed by atoms with van der Waals surface area (Å²) in [6.45, 7) is 2.07. The van der Waals surface area contributed by atoms with Crippen LogP contribution in [0.2, 0.25) is 0 Å². The molecule has 0 radical (unpaired) electrons. The number of ether oxygens (including phenoxy) is 2. The normalized spacial score (nSPS) is 18.7. The Hall–Kier alpha value is -2.05. The summed E-state index contributed by atoms with van der Waals surface area (Å²) in [7, 11) is -3.57. The molecular weight excluding hydrogens is 302 g/mol. The maximum Gasteiger partial charge on any atom is 0.240 e. The fourth-order valence-corrected chi connectivity index (χ4v) is 3.56. The molecule has 0 saturated carbocycles. The van der Waals surface area contributed by atoms with Crippen LogP contribution in [-0.4, -0.2) is 27.2 Å². The van der Waals surface area contributed by atoms with Gasteiger partial charge in [-0.15, -0.1) is 0 Å². The Morgan fingerprint density at radius 1 is 1.05 bits per heavy atom. The number of para-hydroxylation sites is 2. The summed E-state index contributed by atoms with van der Waals surface area (Å²) in [6, 6.07) is 15.2. The van der Waals surface area contributed by atoms with Crippen LogP contribution < -0.4 is 14.2 Å². The van der Waals surface area contributed by atoms with Crippen molar-refractivity contribution in [2.75, 3.05) is 6.61 Å². The lowest BCUT2D eigenvalue weighted by Crippen LogP contribution is -2.48. The van der Waals surface area contributed by atoms with E-state index in [1.807, 2.05) is 18.2 Å². The maximum atomic E-state index is 12.3. The summed E-state index contributed by atoms with van der Waals surface area (Å²) >= 11 is 0. The lowest BCUT2D eigenvalue weighted by Gasteiger charge is -2.30. The minimum Gasteiger partial charge on any atom is -0.486 e. The molecule has 0 bridgehead atoms. The summed E-state index contributed by atoms with van der Waals surface area (Å²) < 4.78 is 38.7. The molecule has 5 nitrogen and oxygen atoms in total. The second-order valence-corrected chi connectivity index (χ2v) is 6.85. The molecule has 0 saturated heterocycles. The predicted molar refractivity (Wildman–Crippen MR) is 82.6 cm³/mol. The molecule has 1 heterocycles. The number of rotatable bonds is 4. The number of fused-ring (bicyclic) bond motifs is 1. The van der Waals surface area contributed by atoms with Crippen LogP contribution in [0.3, 0.4) is 0 Å². The molecular formula is C16H17NO4S. The van der Waals surface area contributed by atoms with Crippen LogP contribution in [0.1, 0.15) is 6.92 Å². The van der Waals surface area contributed by atoms with Gasteiger partial charge in [0, 0.05) is 0 Å². The summed E-state index contributed by atoms with van der Waals surface area (Å²) in [6.07, 6.45) is -0.381. The molecule has 1 N–H and O–H groups in total. The highest BCUT2D eigenvalue weighted by atomic mass is 32.2. The molecule has 0 unspecified atom stereocenters. The molecule has 0 amide bonds. The second-order valence-electron chi connectivity index (χ2n) is 5.14. The zero-order valence-electron chi connectivity index (χ0n) is 12.1. The van der Waals surface area contributed by atoms with Gasteiger partial charge in [-0.3, -0.25) is 0 Å². The van der Waals surface area contributed by atoms with Crippen molar-refractivity contribution in [2.24, 2.45) is 0 Å². The highest BCUT2D eigenvalue weighted by Crippen LogP contribution is 2.31. The number of nitrogens with one attached hydrogen (secondary N) is 1. The topological polar surface area (TPSA) is 64.6 Å². The first-order chi connectivity index (χ1) is 10.6. The van der Waals surface area contributed by atoms with Crippen molar-refractivity contribution >= 4 is 10.0 Å². The van der Waals surface area contributed by atoms with Gasteiger partial charge in [0.2, 0.25) is 10.0 Å². The Labute approximate surface area is 129 Å². The van der Waals surface area contributed by atoms with Crippen molar-refractivity contribution in [1.82, 2.24) is 4.72 Å².